The first-order valence-corrected chi connectivity index (χ1v) is 8.03. The van der Waals surface area contributed by atoms with Gasteiger partial charge in [-0.1, -0.05) is 19.1 Å². The molecule has 8 nitrogen and oxygen atoms in total. The Balaban J connectivity index is 1.62. The zero-order chi connectivity index (χ0) is 18.5. The van der Waals surface area contributed by atoms with Crippen molar-refractivity contribution in [2.45, 2.75) is 13.3 Å². The highest BCUT2D eigenvalue weighted by molar-refractivity contribution is 6.05. The predicted molar refractivity (Wildman–Crippen MR) is 99.2 cm³/mol. The van der Waals surface area contributed by atoms with E-state index >= 15 is 0 Å². The number of carbonyl (C=O) groups excluding carboxylic acids is 1. The largest absolute Gasteiger partial charge is 0.279 e. The van der Waals surface area contributed by atoms with E-state index in [2.05, 4.69) is 21.1 Å². The van der Waals surface area contributed by atoms with Crippen LogP contribution < -0.4 is 10.9 Å². The zero-order valence-corrected chi connectivity index (χ0v) is 14.0. The highest BCUT2D eigenvalue weighted by Gasteiger charge is 2.21. The summed E-state index contributed by atoms with van der Waals surface area (Å²) in [7, 11) is 0. The van der Waals surface area contributed by atoms with Crippen molar-refractivity contribution < 1.29 is 9.72 Å². The van der Waals surface area contributed by atoms with Crippen molar-refractivity contribution in [3.05, 3.63) is 69.8 Å². The Morgan fingerprint density at radius 1 is 1.23 bits per heavy atom. The number of hydrogen-bond donors (Lipinski definition) is 2. The van der Waals surface area contributed by atoms with Crippen LogP contribution in [0.4, 0.5) is 11.4 Å². The second-order valence-corrected chi connectivity index (χ2v) is 5.93. The van der Waals surface area contributed by atoms with Crippen molar-refractivity contribution in [1.82, 2.24) is 5.43 Å². The molecule has 0 aliphatic carbocycles. The molecule has 0 radical (unpaired) electrons. The van der Waals surface area contributed by atoms with E-state index in [1.165, 1.54) is 12.1 Å². The highest BCUT2D eigenvalue weighted by atomic mass is 16.6. The van der Waals surface area contributed by atoms with E-state index in [0.29, 0.717) is 6.42 Å². The summed E-state index contributed by atoms with van der Waals surface area (Å²) in [6, 6.07) is 13.7. The molecule has 26 heavy (non-hydrogen) atoms. The molecular weight excluding hydrogens is 334 g/mol. The van der Waals surface area contributed by atoms with Crippen LogP contribution in [0.15, 0.2) is 58.7 Å². The van der Waals surface area contributed by atoms with Gasteiger partial charge in [0.1, 0.15) is 0 Å². The number of nitrogens with one attached hydrogen (secondary N) is 2. The highest BCUT2D eigenvalue weighted by Crippen LogP contribution is 2.18. The second-order valence-electron chi connectivity index (χ2n) is 5.93. The van der Waals surface area contributed by atoms with E-state index in [1.807, 2.05) is 31.2 Å². The van der Waals surface area contributed by atoms with Gasteiger partial charge in [-0.05, 0) is 35.4 Å². The molecule has 1 heterocycles. The molecule has 2 aromatic rings. The van der Waals surface area contributed by atoms with Gasteiger partial charge in [0.05, 0.1) is 22.5 Å². The Morgan fingerprint density at radius 2 is 1.92 bits per heavy atom. The summed E-state index contributed by atoms with van der Waals surface area (Å²) >= 11 is 0. The van der Waals surface area contributed by atoms with E-state index < -0.39 is 4.92 Å². The van der Waals surface area contributed by atoms with E-state index in [4.69, 9.17) is 0 Å². The maximum atomic E-state index is 11.3. The van der Waals surface area contributed by atoms with Gasteiger partial charge >= 0.3 is 0 Å². The molecule has 0 saturated carbocycles. The van der Waals surface area contributed by atoms with Gasteiger partial charge in [-0.3, -0.25) is 20.3 Å². The summed E-state index contributed by atoms with van der Waals surface area (Å²) in [5.74, 6) is 0.00263. The topological polar surface area (TPSA) is 109 Å². The monoisotopic (exact) mass is 351 g/mol. The van der Waals surface area contributed by atoms with Crippen molar-refractivity contribution in [2.75, 3.05) is 5.43 Å². The summed E-state index contributed by atoms with van der Waals surface area (Å²) in [6.45, 7) is 1.97. The van der Waals surface area contributed by atoms with Gasteiger partial charge in [0.2, 0.25) is 5.91 Å². The molecule has 0 spiro atoms. The lowest BCUT2D eigenvalue weighted by atomic mass is 9.94. The van der Waals surface area contributed by atoms with Crippen LogP contribution in [0.1, 0.15) is 24.5 Å². The zero-order valence-electron chi connectivity index (χ0n) is 14.0. The number of hydrazone groups is 2. The number of rotatable bonds is 5. The Kier molecular flexibility index (Phi) is 5.02. The van der Waals surface area contributed by atoms with Crippen molar-refractivity contribution in [1.29, 1.82) is 0 Å². The molecule has 1 aliphatic rings. The van der Waals surface area contributed by atoms with Gasteiger partial charge in [0, 0.05) is 24.5 Å². The number of nitrogens with zero attached hydrogens (tertiary/aromatic N) is 3. The Hall–Kier alpha value is -3.55. The standard InChI is InChI=1S/C18H17N5O3/c1-12-10-17(24)21-22-18(12)14-4-6-15(7-5-14)20-19-11-13-2-8-16(9-3-13)23(25)26/h2-9,11-12,20H,10H2,1H3,(H,21,24)/b19-11+. The molecule has 132 valence electrons. The van der Waals surface area contributed by atoms with Gasteiger partial charge in [-0.25, -0.2) is 5.43 Å². The third-order valence-corrected chi connectivity index (χ3v) is 3.95. The average molecular weight is 351 g/mol. The lowest BCUT2D eigenvalue weighted by molar-refractivity contribution is -0.384. The third-order valence-electron chi connectivity index (χ3n) is 3.95. The first-order valence-electron chi connectivity index (χ1n) is 8.03. The van der Waals surface area contributed by atoms with Gasteiger partial charge in [-0.15, -0.1) is 0 Å². The van der Waals surface area contributed by atoms with E-state index in [1.54, 1.807) is 18.3 Å². The SMILES string of the molecule is CC1CC(=O)NN=C1c1ccc(N/N=C/c2ccc([N+](=O)[O-])cc2)cc1. The number of carbonyl (C=O) groups is 1. The molecular formula is C18H17N5O3. The minimum absolute atomic E-state index is 0.0433. The Morgan fingerprint density at radius 3 is 2.54 bits per heavy atom. The van der Waals surface area contributed by atoms with Crippen LogP contribution in [0.2, 0.25) is 0 Å². The fraction of sp³-hybridized carbons (Fsp3) is 0.167. The lowest BCUT2D eigenvalue weighted by Gasteiger charge is -2.19. The molecule has 2 aromatic carbocycles. The number of benzene rings is 2. The Bertz CT molecular complexity index is 873. The van der Waals surface area contributed by atoms with Crippen molar-refractivity contribution in [3.63, 3.8) is 0 Å². The fourth-order valence-electron chi connectivity index (χ4n) is 2.58. The van der Waals surface area contributed by atoms with Crippen LogP contribution in [-0.2, 0) is 4.79 Å². The first kappa shape index (κ1) is 17.3. The molecule has 0 aromatic heterocycles. The second kappa shape index (κ2) is 7.56. The summed E-state index contributed by atoms with van der Waals surface area (Å²) in [6.07, 6.45) is 2.01. The predicted octanol–water partition coefficient (Wildman–Crippen LogP) is 2.90. The van der Waals surface area contributed by atoms with E-state index in [-0.39, 0.29) is 17.5 Å². The van der Waals surface area contributed by atoms with Crippen LogP contribution in [0, 0.1) is 16.0 Å². The smallest absolute Gasteiger partial charge is 0.269 e. The maximum absolute atomic E-state index is 11.3. The number of nitro benzene ring substituents is 1. The van der Waals surface area contributed by atoms with Gasteiger partial charge in [-0.2, -0.15) is 10.2 Å². The lowest BCUT2D eigenvalue weighted by Crippen LogP contribution is -2.31. The molecule has 1 unspecified atom stereocenters. The molecule has 1 aliphatic heterocycles. The van der Waals surface area contributed by atoms with Crippen LogP contribution in [0.25, 0.3) is 0 Å². The summed E-state index contributed by atoms with van der Waals surface area (Å²) in [4.78, 5) is 21.5. The number of hydrogen-bond acceptors (Lipinski definition) is 6. The number of amides is 1. The van der Waals surface area contributed by atoms with Crippen LogP contribution in [0.5, 0.6) is 0 Å². The number of anilines is 1. The van der Waals surface area contributed by atoms with E-state index in [0.717, 1.165) is 22.5 Å². The minimum Gasteiger partial charge on any atom is -0.279 e. The normalized spacial score (nSPS) is 16.9. The fourth-order valence-corrected chi connectivity index (χ4v) is 2.58. The number of non-ortho nitro benzene ring substituents is 1. The molecule has 8 heteroatoms. The van der Waals surface area contributed by atoms with Gasteiger partial charge < -0.3 is 0 Å². The number of nitro groups is 1. The third kappa shape index (κ3) is 4.10. The van der Waals surface area contributed by atoms with E-state index in [9.17, 15) is 14.9 Å². The quantitative estimate of drug-likeness (QED) is 0.490. The average Bonchev–Trinajstić information content (AvgIpc) is 2.63. The molecule has 0 fully saturated rings. The molecule has 0 saturated heterocycles. The molecule has 2 N–H and O–H groups in total. The van der Waals surface area contributed by atoms with Crippen LogP contribution in [0.3, 0.4) is 0 Å². The molecule has 1 atom stereocenters. The van der Waals surface area contributed by atoms with Gasteiger partial charge in [0.25, 0.3) is 5.69 Å². The Labute approximate surface area is 149 Å². The molecule has 3 rings (SSSR count). The van der Waals surface area contributed by atoms with Crippen molar-refractivity contribution in [2.24, 2.45) is 16.1 Å². The molecule has 1 amide bonds. The van der Waals surface area contributed by atoms with Gasteiger partial charge in [0.15, 0.2) is 0 Å². The maximum Gasteiger partial charge on any atom is 0.269 e. The van der Waals surface area contributed by atoms with Crippen molar-refractivity contribution in [3.8, 4) is 0 Å². The summed E-state index contributed by atoms with van der Waals surface area (Å²) < 4.78 is 0. The minimum atomic E-state index is -0.441. The van der Waals surface area contributed by atoms with Crippen LogP contribution >= 0.6 is 0 Å². The summed E-state index contributed by atoms with van der Waals surface area (Å²) in [5, 5.41) is 18.9. The first-order chi connectivity index (χ1) is 12.5. The summed E-state index contributed by atoms with van der Waals surface area (Å²) in [5.41, 5.74) is 8.80. The van der Waals surface area contributed by atoms with Crippen LogP contribution in [-0.4, -0.2) is 22.8 Å². The van der Waals surface area contributed by atoms with Crippen molar-refractivity contribution >= 4 is 29.2 Å². The molecule has 0 bridgehead atoms.